The number of hydrogen-bond acceptors (Lipinski definition) is 5. The number of carbonyl (C=O) groups excluding carboxylic acids is 3. The van der Waals surface area contributed by atoms with Crippen molar-refractivity contribution in [2.75, 3.05) is 13.2 Å². The van der Waals surface area contributed by atoms with Gasteiger partial charge in [-0.05, 0) is 31.9 Å². The summed E-state index contributed by atoms with van der Waals surface area (Å²) in [7, 11) is 0. The summed E-state index contributed by atoms with van der Waals surface area (Å²) in [4.78, 5) is 38.5. The van der Waals surface area contributed by atoms with Gasteiger partial charge in [-0.1, -0.05) is 24.8 Å². The largest absolute Gasteiger partial charge is 0.494 e. The van der Waals surface area contributed by atoms with E-state index in [0.29, 0.717) is 42.2 Å². The Balaban J connectivity index is 1.65. The van der Waals surface area contributed by atoms with E-state index in [1.165, 1.54) is 11.8 Å². The van der Waals surface area contributed by atoms with Crippen LogP contribution in [0, 0.1) is 0 Å². The molecule has 148 valence electrons. The summed E-state index contributed by atoms with van der Waals surface area (Å²) < 4.78 is 10.9. The van der Waals surface area contributed by atoms with Crippen LogP contribution in [0.4, 0.5) is 0 Å². The third kappa shape index (κ3) is 3.78. The summed E-state index contributed by atoms with van der Waals surface area (Å²) in [6.45, 7) is 7.39. The second-order valence-corrected chi connectivity index (χ2v) is 6.70. The number of nitrogens with zero attached hydrogens (tertiary/aromatic N) is 1. The monoisotopic (exact) mass is 384 g/mol. The van der Waals surface area contributed by atoms with Crippen LogP contribution in [0.3, 0.4) is 0 Å². The predicted octanol–water partition coefficient (Wildman–Crippen LogP) is 1.95. The van der Waals surface area contributed by atoms with Crippen LogP contribution in [0.1, 0.15) is 26.7 Å². The molecule has 1 fully saturated rings. The van der Waals surface area contributed by atoms with Gasteiger partial charge in [0, 0.05) is 12.5 Å². The molecule has 1 aromatic rings. The first-order valence-electron chi connectivity index (χ1n) is 9.30. The normalized spacial score (nSPS) is 20.8. The van der Waals surface area contributed by atoms with Crippen molar-refractivity contribution in [3.05, 3.63) is 53.9 Å². The van der Waals surface area contributed by atoms with Crippen molar-refractivity contribution in [3.8, 4) is 5.75 Å². The number of ether oxygens (including phenoxy) is 2. The van der Waals surface area contributed by atoms with Gasteiger partial charge in [0.1, 0.15) is 17.6 Å². The molecule has 7 nitrogen and oxygen atoms in total. The van der Waals surface area contributed by atoms with Gasteiger partial charge in [0.05, 0.1) is 18.3 Å². The number of benzene rings is 1. The molecule has 28 heavy (non-hydrogen) atoms. The fraction of sp³-hybridized carbons (Fsp3) is 0.381. The summed E-state index contributed by atoms with van der Waals surface area (Å²) in [6, 6.07) is 8.08. The number of ketones is 1. The Morgan fingerprint density at radius 3 is 2.64 bits per heavy atom. The Morgan fingerprint density at radius 1 is 1.29 bits per heavy atom. The third-order valence-electron chi connectivity index (χ3n) is 4.86. The maximum atomic E-state index is 12.7. The number of rotatable bonds is 8. The molecule has 1 N–H and O–H groups in total. The van der Waals surface area contributed by atoms with Crippen LogP contribution >= 0.6 is 0 Å². The van der Waals surface area contributed by atoms with Crippen LogP contribution in [0.15, 0.2) is 53.9 Å². The van der Waals surface area contributed by atoms with Gasteiger partial charge in [0.25, 0.3) is 11.8 Å². The van der Waals surface area contributed by atoms with E-state index < -0.39 is 6.04 Å². The summed E-state index contributed by atoms with van der Waals surface area (Å²) >= 11 is 0. The fourth-order valence-electron chi connectivity index (χ4n) is 3.63. The van der Waals surface area contributed by atoms with Crippen LogP contribution in [-0.4, -0.2) is 47.8 Å². The lowest BCUT2D eigenvalue weighted by atomic mass is 9.82. The van der Waals surface area contributed by atoms with Gasteiger partial charge in [-0.15, -0.1) is 0 Å². The molecule has 2 aliphatic heterocycles. The van der Waals surface area contributed by atoms with Crippen LogP contribution in [-0.2, 0) is 19.1 Å². The Bertz CT molecular complexity index is 830. The molecular weight excluding hydrogens is 360 g/mol. The van der Waals surface area contributed by atoms with E-state index in [9.17, 15) is 14.4 Å². The average molecular weight is 384 g/mol. The van der Waals surface area contributed by atoms with Crippen LogP contribution in [0.5, 0.6) is 5.75 Å². The Labute approximate surface area is 164 Å². The lowest BCUT2D eigenvalue weighted by molar-refractivity contribution is -0.153. The van der Waals surface area contributed by atoms with Crippen molar-refractivity contribution < 1.29 is 23.9 Å². The smallest absolute Gasteiger partial charge is 0.258 e. The highest BCUT2D eigenvalue weighted by Gasteiger charge is 2.53. The van der Waals surface area contributed by atoms with Gasteiger partial charge in [0.2, 0.25) is 0 Å². The molecule has 7 heteroatoms. The third-order valence-corrected chi connectivity index (χ3v) is 4.86. The lowest BCUT2D eigenvalue weighted by Gasteiger charge is -2.50. The minimum Gasteiger partial charge on any atom is -0.494 e. The highest BCUT2D eigenvalue weighted by atomic mass is 16.5. The van der Waals surface area contributed by atoms with Crippen LogP contribution in [0.2, 0.25) is 0 Å². The number of para-hydroxylation sites is 1. The second-order valence-electron chi connectivity index (χ2n) is 6.70. The van der Waals surface area contributed by atoms with Gasteiger partial charge < -0.3 is 19.7 Å². The number of amides is 2. The van der Waals surface area contributed by atoms with Gasteiger partial charge in [-0.25, -0.2) is 0 Å². The molecule has 1 aromatic carbocycles. The number of β-lactam (4-membered cyclic amide) rings is 1. The van der Waals surface area contributed by atoms with Crippen molar-refractivity contribution in [1.82, 2.24) is 10.2 Å². The highest BCUT2D eigenvalue weighted by molar-refractivity contribution is 6.04. The molecule has 0 unspecified atom stereocenters. The van der Waals surface area contributed by atoms with E-state index in [2.05, 4.69) is 11.9 Å². The van der Waals surface area contributed by atoms with Crippen LogP contribution < -0.4 is 10.1 Å². The Morgan fingerprint density at radius 2 is 2.00 bits per heavy atom. The first kappa shape index (κ1) is 19.7. The minimum atomic E-state index is -0.650. The average Bonchev–Trinajstić information content (AvgIpc) is 2.70. The molecular formula is C21H24N2O5. The van der Waals surface area contributed by atoms with Gasteiger partial charge in [-0.2, -0.15) is 0 Å². The molecule has 0 spiro atoms. The van der Waals surface area contributed by atoms with E-state index in [4.69, 9.17) is 9.47 Å². The molecule has 2 atom stereocenters. The SMILES string of the molecule is C=C(OCC)C1=C(C(C)=O)N2C(=O)[C@@H](NC(=O)COc3ccccc3)[C@H]2CC1. The Kier molecular flexibility index (Phi) is 5.82. The lowest BCUT2D eigenvalue weighted by Crippen LogP contribution is -2.71. The zero-order valence-corrected chi connectivity index (χ0v) is 16.1. The summed E-state index contributed by atoms with van der Waals surface area (Å²) in [5.74, 6) is 0.107. The summed E-state index contributed by atoms with van der Waals surface area (Å²) in [5, 5.41) is 2.72. The molecule has 1 saturated heterocycles. The van der Waals surface area contributed by atoms with Crippen molar-refractivity contribution in [3.63, 3.8) is 0 Å². The maximum Gasteiger partial charge on any atom is 0.258 e. The van der Waals surface area contributed by atoms with Gasteiger partial charge in [0.15, 0.2) is 12.4 Å². The molecule has 0 aromatic heterocycles. The molecule has 2 heterocycles. The van der Waals surface area contributed by atoms with E-state index in [1.54, 1.807) is 12.1 Å². The van der Waals surface area contributed by atoms with Crippen molar-refractivity contribution in [2.24, 2.45) is 0 Å². The second kappa shape index (κ2) is 8.29. The summed E-state index contributed by atoms with van der Waals surface area (Å²) in [6.07, 6.45) is 1.18. The van der Waals surface area contributed by atoms with Crippen molar-refractivity contribution >= 4 is 17.6 Å². The molecule has 0 radical (unpaired) electrons. The van der Waals surface area contributed by atoms with E-state index in [0.717, 1.165) is 0 Å². The standard InChI is InChI=1S/C21H24N2O5/c1-4-27-14(3)16-10-11-17-19(21(26)23(17)20(16)13(2)24)22-18(25)12-28-15-8-6-5-7-9-15/h5-9,17,19H,3-4,10-12H2,1-2H3,(H,22,25)/t17-,19+/m1/s1. The number of Topliss-reactive ketones (excluding diaryl/α,β-unsaturated/α-hetero) is 1. The molecule has 3 rings (SSSR count). The topological polar surface area (TPSA) is 84.9 Å². The molecule has 2 aliphatic rings. The van der Waals surface area contributed by atoms with Gasteiger partial charge >= 0.3 is 0 Å². The van der Waals surface area contributed by atoms with E-state index >= 15 is 0 Å². The molecule has 0 bridgehead atoms. The zero-order valence-electron chi connectivity index (χ0n) is 16.1. The number of allylic oxidation sites excluding steroid dienone is 2. The number of fused-ring (bicyclic) bond motifs is 1. The van der Waals surface area contributed by atoms with E-state index in [1.807, 2.05) is 25.1 Å². The predicted molar refractivity (Wildman–Crippen MR) is 102 cm³/mol. The first-order valence-corrected chi connectivity index (χ1v) is 9.30. The molecule has 0 aliphatic carbocycles. The molecule has 0 saturated carbocycles. The molecule has 2 amide bonds. The first-order chi connectivity index (χ1) is 13.4. The Hall–Kier alpha value is -3.09. The van der Waals surface area contributed by atoms with Crippen molar-refractivity contribution in [1.29, 1.82) is 0 Å². The minimum absolute atomic E-state index is 0.178. The van der Waals surface area contributed by atoms with Crippen LogP contribution in [0.25, 0.3) is 0 Å². The highest BCUT2D eigenvalue weighted by Crippen LogP contribution is 2.39. The number of hydrogen-bond donors (Lipinski definition) is 1. The summed E-state index contributed by atoms with van der Waals surface area (Å²) in [5.41, 5.74) is 0.988. The van der Waals surface area contributed by atoms with Gasteiger partial charge in [-0.3, -0.25) is 14.4 Å². The van der Waals surface area contributed by atoms with Crippen molar-refractivity contribution in [2.45, 2.75) is 38.8 Å². The quantitative estimate of drug-likeness (QED) is 0.547. The fourth-order valence-corrected chi connectivity index (χ4v) is 3.63. The number of carbonyl (C=O) groups is 3. The van der Waals surface area contributed by atoms with E-state index in [-0.39, 0.29) is 30.2 Å². The maximum absolute atomic E-state index is 12.7. The zero-order chi connectivity index (χ0) is 20.3. The number of nitrogens with one attached hydrogen (secondary N) is 1.